The van der Waals surface area contributed by atoms with Gasteiger partial charge in [0.1, 0.15) is 0 Å². The van der Waals surface area contributed by atoms with Gasteiger partial charge in [0.2, 0.25) is 0 Å². The van der Waals surface area contributed by atoms with Crippen molar-refractivity contribution in [2.24, 2.45) is 5.92 Å². The van der Waals surface area contributed by atoms with Gasteiger partial charge in [-0.15, -0.1) is 0 Å². The highest BCUT2D eigenvalue weighted by Gasteiger charge is 2.19. The first-order valence-corrected chi connectivity index (χ1v) is 5.92. The number of nitrogens with one attached hydrogen (secondary N) is 1. The first-order chi connectivity index (χ1) is 7.08. The van der Waals surface area contributed by atoms with Crippen LogP contribution in [0.5, 0.6) is 0 Å². The molecule has 3 heteroatoms. The first-order valence-electron chi connectivity index (χ1n) is 5.92. The molecule has 0 amide bonds. The number of hydrogen-bond acceptors (Lipinski definition) is 2. The summed E-state index contributed by atoms with van der Waals surface area (Å²) in [5, 5.41) is 8.09. The topological polar surface area (TPSA) is 36.3 Å². The standard InChI is InChI=1S/C12H26N2O/c1-6-11(7-2)14(8-9-15-5)12(13)10(3)4/h10-11,13H,6-9H2,1-5H3. The third-order valence-corrected chi connectivity index (χ3v) is 2.78. The fourth-order valence-corrected chi connectivity index (χ4v) is 1.75. The molecule has 0 radical (unpaired) electrons. The Labute approximate surface area is 94.3 Å². The summed E-state index contributed by atoms with van der Waals surface area (Å²) in [4.78, 5) is 2.19. The molecule has 0 unspecified atom stereocenters. The molecule has 0 fully saturated rings. The Kier molecular flexibility index (Phi) is 7.39. The molecule has 0 saturated carbocycles. The van der Waals surface area contributed by atoms with E-state index in [9.17, 15) is 0 Å². The van der Waals surface area contributed by atoms with Crippen LogP contribution in [0.2, 0.25) is 0 Å². The average molecular weight is 214 g/mol. The van der Waals surface area contributed by atoms with Crippen LogP contribution in [-0.2, 0) is 4.74 Å². The molecule has 0 aromatic heterocycles. The van der Waals surface area contributed by atoms with Crippen LogP contribution in [0.3, 0.4) is 0 Å². The lowest BCUT2D eigenvalue weighted by Crippen LogP contribution is -2.43. The lowest BCUT2D eigenvalue weighted by molar-refractivity contribution is 0.155. The number of nitrogens with zero attached hydrogens (tertiary/aromatic N) is 1. The quantitative estimate of drug-likeness (QED) is 0.522. The summed E-state index contributed by atoms with van der Waals surface area (Å²) >= 11 is 0. The van der Waals surface area contributed by atoms with Gasteiger partial charge >= 0.3 is 0 Å². The zero-order valence-electron chi connectivity index (χ0n) is 10.8. The number of amidine groups is 1. The van der Waals surface area contributed by atoms with Crippen molar-refractivity contribution in [2.45, 2.75) is 46.6 Å². The van der Waals surface area contributed by atoms with Gasteiger partial charge < -0.3 is 9.64 Å². The lowest BCUT2D eigenvalue weighted by atomic mass is 10.1. The van der Waals surface area contributed by atoms with Crippen LogP contribution in [0, 0.1) is 11.3 Å². The Morgan fingerprint density at radius 1 is 1.27 bits per heavy atom. The van der Waals surface area contributed by atoms with Crippen LogP contribution in [0.25, 0.3) is 0 Å². The van der Waals surface area contributed by atoms with Crippen molar-refractivity contribution in [3.05, 3.63) is 0 Å². The molecule has 90 valence electrons. The number of methoxy groups -OCH3 is 1. The summed E-state index contributed by atoms with van der Waals surface area (Å²) in [6.07, 6.45) is 2.19. The molecule has 0 aromatic carbocycles. The highest BCUT2D eigenvalue weighted by Crippen LogP contribution is 2.12. The van der Waals surface area contributed by atoms with Crippen LogP contribution in [0.4, 0.5) is 0 Å². The SMILES string of the molecule is CCC(CC)N(CCOC)C(=N)C(C)C. The maximum absolute atomic E-state index is 8.09. The molecule has 0 aliphatic heterocycles. The van der Waals surface area contributed by atoms with Gasteiger partial charge in [0.25, 0.3) is 0 Å². The van der Waals surface area contributed by atoms with Gasteiger partial charge in [0.15, 0.2) is 0 Å². The normalized spacial score (nSPS) is 11.1. The van der Waals surface area contributed by atoms with Gasteiger partial charge in [-0.3, -0.25) is 5.41 Å². The van der Waals surface area contributed by atoms with E-state index in [1.54, 1.807) is 7.11 Å². The molecule has 3 nitrogen and oxygen atoms in total. The molecule has 0 heterocycles. The average Bonchev–Trinajstić information content (AvgIpc) is 2.23. The second kappa shape index (κ2) is 7.69. The highest BCUT2D eigenvalue weighted by molar-refractivity contribution is 5.81. The van der Waals surface area contributed by atoms with Crippen LogP contribution < -0.4 is 0 Å². The minimum Gasteiger partial charge on any atom is -0.383 e. The monoisotopic (exact) mass is 214 g/mol. The summed E-state index contributed by atoms with van der Waals surface area (Å²) in [7, 11) is 1.71. The largest absolute Gasteiger partial charge is 0.383 e. The number of rotatable bonds is 7. The van der Waals surface area contributed by atoms with E-state index in [2.05, 4.69) is 32.6 Å². The van der Waals surface area contributed by atoms with E-state index in [1.165, 1.54) is 0 Å². The Hall–Kier alpha value is -0.570. The summed E-state index contributed by atoms with van der Waals surface area (Å²) in [5.74, 6) is 1.03. The summed E-state index contributed by atoms with van der Waals surface area (Å²) in [5.41, 5.74) is 0. The Morgan fingerprint density at radius 3 is 2.13 bits per heavy atom. The van der Waals surface area contributed by atoms with Crippen LogP contribution in [-0.4, -0.2) is 37.0 Å². The molecule has 0 rings (SSSR count). The molecular formula is C12H26N2O. The van der Waals surface area contributed by atoms with E-state index in [0.29, 0.717) is 18.6 Å². The van der Waals surface area contributed by atoms with Gasteiger partial charge in [0.05, 0.1) is 12.4 Å². The van der Waals surface area contributed by atoms with Gasteiger partial charge in [-0.1, -0.05) is 27.7 Å². The van der Waals surface area contributed by atoms with Crippen molar-refractivity contribution < 1.29 is 4.74 Å². The zero-order chi connectivity index (χ0) is 11.8. The number of ether oxygens (including phenoxy) is 1. The molecule has 15 heavy (non-hydrogen) atoms. The maximum Gasteiger partial charge on any atom is 0.0987 e. The predicted molar refractivity (Wildman–Crippen MR) is 65.5 cm³/mol. The van der Waals surface area contributed by atoms with Crippen LogP contribution in [0.15, 0.2) is 0 Å². The van der Waals surface area contributed by atoms with E-state index in [1.807, 2.05) is 0 Å². The van der Waals surface area contributed by atoms with Crippen molar-refractivity contribution in [3.8, 4) is 0 Å². The van der Waals surface area contributed by atoms with E-state index in [0.717, 1.165) is 25.2 Å². The van der Waals surface area contributed by atoms with Gasteiger partial charge in [-0.25, -0.2) is 0 Å². The maximum atomic E-state index is 8.09. The summed E-state index contributed by atoms with van der Waals surface area (Å²) in [6, 6.07) is 0.482. The van der Waals surface area contributed by atoms with E-state index >= 15 is 0 Å². The second-order valence-electron chi connectivity index (χ2n) is 4.20. The van der Waals surface area contributed by atoms with Crippen LogP contribution >= 0.6 is 0 Å². The molecule has 0 saturated heterocycles. The second-order valence-corrected chi connectivity index (χ2v) is 4.20. The molecule has 0 bridgehead atoms. The van der Waals surface area contributed by atoms with Gasteiger partial charge in [0, 0.05) is 25.6 Å². The third kappa shape index (κ3) is 4.65. The minimum absolute atomic E-state index is 0.294. The molecule has 0 atom stereocenters. The van der Waals surface area contributed by atoms with E-state index < -0.39 is 0 Å². The Bertz CT molecular complexity index is 176. The Balaban J connectivity index is 4.47. The van der Waals surface area contributed by atoms with Crippen molar-refractivity contribution in [2.75, 3.05) is 20.3 Å². The van der Waals surface area contributed by atoms with Crippen LogP contribution in [0.1, 0.15) is 40.5 Å². The fraction of sp³-hybridized carbons (Fsp3) is 0.917. The summed E-state index contributed by atoms with van der Waals surface area (Å²) < 4.78 is 5.10. The van der Waals surface area contributed by atoms with Crippen molar-refractivity contribution in [3.63, 3.8) is 0 Å². The molecule has 0 aliphatic rings. The van der Waals surface area contributed by atoms with Gasteiger partial charge in [-0.05, 0) is 12.8 Å². The molecule has 1 N–H and O–H groups in total. The first kappa shape index (κ1) is 14.4. The highest BCUT2D eigenvalue weighted by atomic mass is 16.5. The molecular weight excluding hydrogens is 188 g/mol. The summed E-state index contributed by atoms with van der Waals surface area (Å²) in [6.45, 7) is 10.0. The molecule has 0 spiro atoms. The Morgan fingerprint density at radius 2 is 1.80 bits per heavy atom. The zero-order valence-corrected chi connectivity index (χ0v) is 10.8. The van der Waals surface area contributed by atoms with Crippen molar-refractivity contribution in [1.29, 1.82) is 5.41 Å². The minimum atomic E-state index is 0.294. The molecule has 0 aliphatic carbocycles. The fourth-order valence-electron chi connectivity index (χ4n) is 1.75. The lowest BCUT2D eigenvalue weighted by Gasteiger charge is -2.34. The van der Waals surface area contributed by atoms with Crippen molar-refractivity contribution >= 4 is 5.84 Å². The van der Waals surface area contributed by atoms with E-state index in [4.69, 9.17) is 10.1 Å². The van der Waals surface area contributed by atoms with Gasteiger partial charge in [-0.2, -0.15) is 0 Å². The number of hydrogen-bond donors (Lipinski definition) is 1. The third-order valence-electron chi connectivity index (χ3n) is 2.78. The van der Waals surface area contributed by atoms with Crippen molar-refractivity contribution in [1.82, 2.24) is 4.90 Å². The predicted octanol–water partition coefficient (Wildman–Crippen LogP) is 2.76. The molecule has 0 aromatic rings. The smallest absolute Gasteiger partial charge is 0.0987 e. The van der Waals surface area contributed by atoms with E-state index in [-0.39, 0.29) is 0 Å².